The van der Waals surface area contributed by atoms with E-state index in [1.807, 2.05) is 0 Å². The second-order valence-electron chi connectivity index (χ2n) is 4.31. The van der Waals surface area contributed by atoms with E-state index in [1.165, 1.54) is 12.8 Å². The molecule has 1 aliphatic carbocycles. The van der Waals surface area contributed by atoms with Gasteiger partial charge in [-0.1, -0.05) is 32.6 Å². The minimum Gasteiger partial charge on any atom is -0.480 e. The third kappa shape index (κ3) is 4.29. The van der Waals surface area contributed by atoms with Crippen LogP contribution < -0.4 is 5.73 Å². The molecule has 1 rings (SSSR count). The van der Waals surface area contributed by atoms with Gasteiger partial charge >= 0.3 is 5.97 Å². The summed E-state index contributed by atoms with van der Waals surface area (Å²) >= 11 is 0. The second-order valence-corrected chi connectivity index (χ2v) is 4.31. The summed E-state index contributed by atoms with van der Waals surface area (Å²) in [7, 11) is 0. The van der Waals surface area contributed by atoms with Gasteiger partial charge in [0.15, 0.2) is 0 Å². The molecular formula is C10H20ClNO2. The van der Waals surface area contributed by atoms with Crippen LogP contribution in [-0.2, 0) is 4.79 Å². The number of halogens is 1. The molecule has 0 heterocycles. The molecule has 1 atom stereocenters. The molecule has 0 saturated heterocycles. The quantitative estimate of drug-likeness (QED) is 0.767. The van der Waals surface area contributed by atoms with Gasteiger partial charge in [-0.15, -0.1) is 12.4 Å². The Morgan fingerprint density at radius 3 is 2.36 bits per heavy atom. The number of hydrogen-bond acceptors (Lipinski definition) is 2. The van der Waals surface area contributed by atoms with Crippen LogP contribution in [0.2, 0.25) is 0 Å². The first-order chi connectivity index (χ1) is 6.09. The lowest BCUT2D eigenvalue weighted by atomic mass is 9.80. The summed E-state index contributed by atoms with van der Waals surface area (Å²) in [5, 5.41) is 8.64. The van der Waals surface area contributed by atoms with Crippen LogP contribution in [0.4, 0.5) is 0 Å². The minimum absolute atomic E-state index is 0. The maximum Gasteiger partial charge on any atom is 0.320 e. The van der Waals surface area contributed by atoms with Gasteiger partial charge in [0.25, 0.3) is 0 Å². The van der Waals surface area contributed by atoms with Crippen molar-refractivity contribution >= 4 is 18.4 Å². The molecule has 0 aromatic heterocycles. The molecule has 0 spiro atoms. The van der Waals surface area contributed by atoms with Gasteiger partial charge in [-0.25, -0.2) is 0 Å². The van der Waals surface area contributed by atoms with Crippen molar-refractivity contribution in [2.24, 2.45) is 17.6 Å². The average Bonchev–Trinajstić information content (AvgIpc) is 2.08. The highest BCUT2D eigenvalue weighted by Gasteiger charge is 2.22. The molecule has 3 N–H and O–H groups in total. The molecule has 14 heavy (non-hydrogen) atoms. The monoisotopic (exact) mass is 221 g/mol. The standard InChI is InChI=1S/C10H19NO2.ClH/c1-7-2-4-8(5-3-7)6-9(11)10(12)13;/h7-9H,2-6,11H2,1H3,(H,12,13);1H. The molecular weight excluding hydrogens is 202 g/mol. The highest BCUT2D eigenvalue weighted by atomic mass is 35.5. The predicted octanol–water partition coefficient (Wildman–Crippen LogP) is 2.04. The number of nitrogens with two attached hydrogens (primary N) is 1. The van der Waals surface area contributed by atoms with Gasteiger partial charge in [0.1, 0.15) is 6.04 Å². The number of carboxylic acids is 1. The SMILES string of the molecule is CC1CCC(CC(N)C(=O)O)CC1.Cl. The summed E-state index contributed by atoms with van der Waals surface area (Å²) in [5.74, 6) is 0.498. The molecule has 0 amide bonds. The maximum atomic E-state index is 10.5. The van der Waals surface area contributed by atoms with Crippen LogP contribution in [-0.4, -0.2) is 17.1 Å². The van der Waals surface area contributed by atoms with Gasteiger partial charge in [0.05, 0.1) is 0 Å². The summed E-state index contributed by atoms with van der Waals surface area (Å²) in [6, 6.07) is -0.654. The van der Waals surface area contributed by atoms with Crippen LogP contribution in [0, 0.1) is 11.8 Å². The molecule has 0 bridgehead atoms. The zero-order chi connectivity index (χ0) is 9.84. The van der Waals surface area contributed by atoms with E-state index in [0.29, 0.717) is 12.3 Å². The Kier molecular flexibility index (Phi) is 6.12. The molecule has 0 radical (unpaired) electrons. The zero-order valence-corrected chi connectivity index (χ0v) is 9.43. The van der Waals surface area contributed by atoms with E-state index in [1.54, 1.807) is 0 Å². The smallest absolute Gasteiger partial charge is 0.320 e. The predicted molar refractivity (Wildman–Crippen MR) is 58.6 cm³/mol. The fourth-order valence-electron chi connectivity index (χ4n) is 2.02. The summed E-state index contributed by atoms with van der Waals surface area (Å²) in [5.41, 5.74) is 5.48. The Hall–Kier alpha value is -0.280. The molecule has 1 aliphatic rings. The molecule has 3 nitrogen and oxygen atoms in total. The van der Waals surface area contributed by atoms with Gasteiger partial charge in [-0.2, -0.15) is 0 Å². The topological polar surface area (TPSA) is 63.3 Å². The third-order valence-electron chi connectivity index (χ3n) is 3.04. The number of aliphatic carboxylic acids is 1. The van der Waals surface area contributed by atoms with Crippen molar-refractivity contribution < 1.29 is 9.90 Å². The molecule has 1 fully saturated rings. The van der Waals surface area contributed by atoms with Crippen molar-refractivity contribution in [1.82, 2.24) is 0 Å². The van der Waals surface area contributed by atoms with Crippen molar-refractivity contribution in [2.75, 3.05) is 0 Å². The van der Waals surface area contributed by atoms with Gasteiger partial charge < -0.3 is 10.8 Å². The van der Waals surface area contributed by atoms with E-state index in [4.69, 9.17) is 10.8 Å². The Morgan fingerprint density at radius 2 is 1.93 bits per heavy atom. The van der Waals surface area contributed by atoms with Gasteiger partial charge in [-0.3, -0.25) is 4.79 Å². The Labute approximate surface area is 91.5 Å². The molecule has 0 aromatic carbocycles. The lowest BCUT2D eigenvalue weighted by Gasteiger charge is -2.26. The van der Waals surface area contributed by atoms with Crippen LogP contribution in [0.25, 0.3) is 0 Å². The van der Waals surface area contributed by atoms with Crippen LogP contribution in [0.15, 0.2) is 0 Å². The average molecular weight is 222 g/mol. The Morgan fingerprint density at radius 1 is 1.43 bits per heavy atom. The second kappa shape index (κ2) is 6.25. The Bertz CT molecular complexity index is 179. The highest BCUT2D eigenvalue weighted by molar-refractivity contribution is 5.85. The van der Waals surface area contributed by atoms with E-state index in [9.17, 15) is 4.79 Å². The van der Waals surface area contributed by atoms with Crippen LogP contribution in [0.1, 0.15) is 39.0 Å². The van der Waals surface area contributed by atoms with Gasteiger partial charge in [0, 0.05) is 0 Å². The van der Waals surface area contributed by atoms with Crippen molar-refractivity contribution in [1.29, 1.82) is 0 Å². The minimum atomic E-state index is -0.862. The highest BCUT2D eigenvalue weighted by Crippen LogP contribution is 2.30. The van der Waals surface area contributed by atoms with Gasteiger partial charge in [0.2, 0.25) is 0 Å². The molecule has 84 valence electrons. The van der Waals surface area contributed by atoms with Crippen molar-refractivity contribution in [3.63, 3.8) is 0 Å². The summed E-state index contributed by atoms with van der Waals surface area (Å²) in [6.07, 6.45) is 5.43. The molecule has 4 heteroatoms. The van der Waals surface area contributed by atoms with Crippen molar-refractivity contribution in [3.05, 3.63) is 0 Å². The fraction of sp³-hybridized carbons (Fsp3) is 0.900. The summed E-state index contributed by atoms with van der Waals surface area (Å²) in [6.45, 7) is 2.26. The lowest BCUT2D eigenvalue weighted by molar-refractivity contribution is -0.139. The number of rotatable bonds is 3. The number of hydrogen-bond donors (Lipinski definition) is 2. The normalized spacial score (nSPS) is 29.0. The maximum absolute atomic E-state index is 10.5. The first kappa shape index (κ1) is 13.7. The van der Waals surface area contributed by atoms with Crippen molar-refractivity contribution in [3.8, 4) is 0 Å². The third-order valence-corrected chi connectivity index (χ3v) is 3.04. The number of carboxylic acid groups (broad SMARTS) is 1. The van der Waals surface area contributed by atoms with Crippen LogP contribution in [0.3, 0.4) is 0 Å². The van der Waals surface area contributed by atoms with E-state index in [-0.39, 0.29) is 12.4 Å². The zero-order valence-electron chi connectivity index (χ0n) is 8.61. The first-order valence-corrected chi connectivity index (χ1v) is 5.08. The fourth-order valence-corrected chi connectivity index (χ4v) is 2.02. The summed E-state index contributed by atoms with van der Waals surface area (Å²) < 4.78 is 0. The summed E-state index contributed by atoms with van der Waals surface area (Å²) in [4.78, 5) is 10.5. The largest absolute Gasteiger partial charge is 0.480 e. The molecule has 0 aromatic rings. The molecule has 1 saturated carbocycles. The van der Waals surface area contributed by atoms with E-state index >= 15 is 0 Å². The van der Waals surface area contributed by atoms with E-state index in [2.05, 4.69) is 6.92 Å². The number of carbonyl (C=O) groups is 1. The molecule has 1 unspecified atom stereocenters. The molecule has 0 aliphatic heterocycles. The lowest BCUT2D eigenvalue weighted by Crippen LogP contribution is -2.33. The van der Waals surface area contributed by atoms with E-state index < -0.39 is 12.0 Å². The van der Waals surface area contributed by atoms with Gasteiger partial charge in [-0.05, 0) is 18.3 Å². The van der Waals surface area contributed by atoms with Crippen molar-refractivity contribution in [2.45, 2.75) is 45.1 Å². The Balaban J connectivity index is 0.00000169. The van der Waals surface area contributed by atoms with Crippen LogP contribution >= 0.6 is 12.4 Å². The first-order valence-electron chi connectivity index (χ1n) is 5.08. The van der Waals surface area contributed by atoms with Crippen LogP contribution in [0.5, 0.6) is 0 Å². The van der Waals surface area contributed by atoms with E-state index in [0.717, 1.165) is 18.8 Å².